The van der Waals surface area contributed by atoms with Gasteiger partial charge in [-0.1, -0.05) is 0 Å². The Morgan fingerprint density at radius 3 is 2.50 bits per heavy atom. The summed E-state index contributed by atoms with van der Waals surface area (Å²) in [6, 6.07) is -0.751. The van der Waals surface area contributed by atoms with Crippen LogP contribution in [0.1, 0.15) is 6.42 Å². The van der Waals surface area contributed by atoms with Crippen molar-refractivity contribution in [3.63, 3.8) is 0 Å². The third kappa shape index (κ3) is 4.64. The maximum absolute atomic E-state index is 10.8. The zero-order valence-corrected chi connectivity index (χ0v) is 6.62. The summed E-state index contributed by atoms with van der Waals surface area (Å²) < 4.78 is 0. The first-order chi connectivity index (χ1) is 5.57. The van der Waals surface area contributed by atoms with Crippen LogP contribution in [0.15, 0.2) is 0 Å². The number of carboxylic acid groups (broad SMARTS) is 1. The van der Waals surface area contributed by atoms with Gasteiger partial charge >= 0.3 is 5.97 Å². The summed E-state index contributed by atoms with van der Waals surface area (Å²) in [4.78, 5) is 20.9. The monoisotopic (exact) mass is 175 g/mol. The number of nitrogens with two attached hydrogens (primary N) is 2. The van der Waals surface area contributed by atoms with E-state index in [1.807, 2.05) is 0 Å². The molecule has 6 nitrogen and oxygen atoms in total. The molecule has 0 saturated heterocycles. The van der Waals surface area contributed by atoms with Gasteiger partial charge in [0.1, 0.15) is 0 Å². The summed E-state index contributed by atoms with van der Waals surface area (Å²) in [5, 5.41) is 10.6. The van der Waals surface area contributed by atoms with Crippen LogP contribution in [0.4, 0.5) is 0 Å². The second-order valence-electron chi connectivity index (χ2n) is 2.28. The Kier molecular flexibility index (Phi) is 4.98. The number of hydrogen-bond acceptors (Lipinski definition) is 4. The Hall–Kier alpha value is -1.14. The molecule has 6 N–H and O–H groups in total. The first-order valence-electron chi connectivity index (χ1n) is 3.53. The predicted octanol–water partition coefficient (Wildman–Crippen LogP) is -2.14. The van der Waals surface area contributed by atoms with Crippen molar-refractivity contribution in [3.8, 4) is 0 Å². The first kappa shape index (κ1) is 10.9. The molecule has 0 unspecified atom stereocenters. The van der Waals surface area contributed by atoms with Crippen molar-refractivity contribution in [2.45, 2.75) is 12.5 Å². The molecule has 1 amide bonds. The van der Waals surface area contributed by atoms with Gasteiger partial charge in [0, 0.05) is 13.1 Å². The highest BCUT2D eigenvalue weighted by molar-refractivity contribution is 5.82. The molecule has 0 radical (unpaired) electrons. The predicted molar refractivity (Wildman–Crippen MR) is 42.3 cm³/mol. The fraction of sp³-hybridized carbons (Fsp3) is 0.667. The van der Waals surface area contributed by atoms with Gasteiger partial charge in [-0.15, -0.1) is 0 Å². The summed E-state index contributed by atoms with van der Waals surface area (Å²) in [6.45, 7) is 0.140. The summed E-state index contributed by atoms with van der Waals surface area (Å²) in [5.74, 6) is -1.38. The van der Waals surface area contributed by atoms with Crippen LogP contribution >= 0.6 is 0 Å². The fourth-order valence-electron chi connectivity index (χ4n) is 0.531. The molecule has 0 bridgehead atoms. The normalized spacial score (nSPS) is 12.2. The summed E-state index contributed by atoms with van der Waals surface area (Å²) in [5.41, 5.74) is 10.4. The molecule has 0 heterocycles. The van der Waals surface area contributed by atoms with E-state index in [9.17, 15) is 9.59 Å². The van der Waals surface area contributed by atoms with Crippen LogP contribution in [0.25, 0.3) is 0 Å². The Morgan fingerprint density at radius 2 is 2.08 bits per heavy atom. The van der Waals surface area contributed by atoms with Crippen molar-refractivity contribution in [2.24, 2.45) is 11.5 Å². The Bertz CT molecular complexity index is 171. The standard InChI is InChI=1S/C6H13N3O3/c7-3-4(8)6(12)9-2-1-5(10)11/h4H,1-3,7-8H2,(H,9,12)(H,10,11)/t4-/m0/s1. The van der Waals surface area contributed by atoms with Crippen molar-refractivity contribution >= 4 is 11.9 Å². The summed E-state index contributed by atoms with van der Waals surface area (Å²) in [7, 11) is 0. The smallest absolute Gasteiger partial charge is 0.305 e. The van der Waals surface area contributed by atoms with Crippen LogP contribution in [0.2, 0.25) is 0 Å². The number of carbonyl (C=O) groups excluding carboxylic acids is 1. The zero-order chi connectivity index (χ0) is 9.56. The van der Waals surface area contributed by atoms with E-state index in [1.165, 1.54) is 0 Å². The van der Waals surface area contributed by atoms with E-state index in [0.717, 1.165) is 0 Å². The molecule has 12 heavy (non-hydrogen) atoms. The van der Waals surface area contributed by atoms with Gasteiger partial charge in [-0.3, -0.25) is 9.59 Å². The average Bonchev–Trinajstić information content (AvgIpc) is 2.02. The lowest BCUT2D eigenvalue weighted by molar-refractivity contribution is -0.136. The molecule has 0 fully saturated rings. The van der Waals surface area contributed by atoms with Gasteiger partial charge in [-0.05, 0) is 0 Å². The van der Waals surface area contributed by atoms with Gasteiger partial charge in [0.25, 0.3) is 0 Å². The Labute approximate surface area is 69.9 Å². The van der Waals surface area contributed by atoms with Crippen LogP contribution in [0, 0.1) is 0 Å². The molecule has 0 rings (SSSR count). The summed E-state index contributed by atoms with van der Waals surface area (Å²) in [6.07, 6.45) is -0.108. The van der Waals surface area contributed by atoms with Crippen LogP contribution < -0.4 is 16.8 Å². The molecule has 1 atom stereocenters. The number of aliphatic carboxylic acids is 1. The van der Waals surface area contributed by atoms with Crippen LogP contribution in [-0.2, 0) is 9.59 Å². The molecule has 0 aromatic carbocycles. The molecule has 0 aromatic heterocycles. The van der Waals surface area contributed by atoms with Gasteiger partial charge < -0.3 is 21.9 Å². The van der Waals surface area contributed by atoms with Crippen LogP contribution in [-0.4, -0.2) is 36.1 Å². The lowest BCUT2D eigenvalue weighted by Crippen LogP contribution is -2.45. The van der Waals surface area contributed by atoms with Crippen molar-refractivity contribution < 1.29 is 14.7 Å². The second kappa shape index (κ2) is 5.50. The van der Waals surface area contributed by atoms with E-state index in [2.05, 4.69) is 5.32 Å². The van der Waals surface area contributed by atoms with Gasteiger partial charge in [-0.2, -0.15) is 0 Å². The van der Waals surface area contributed by atoms with Gasteiger partial charge in [0.15, 0.2) is 0 Å². The maximum atomic E-state index is 10.8. The number of rotatable bonds is 5. The third-order valence-corrected chi connectivity index (χ3v) is 1.23. The minimum Gasteiger partial charge on any atom is -0.481 e. The first-order valence-corrected chi connectivity index (χ1v) is 3.53. The molecule has 0 spiro atoms. The lowest BCUT2D eigenvalue weighted by atomic mass is 10.3. The van der Waals surface area contributed by atoms with Crippen molar-refractivity contribution in [2.75, 3.05) is 13.1 Å². The Balaban J connectivity index is 3.50. The van der Waals surface area contributed by atoms with Gasteiger partial charge in [-0.25, -0.2) is 0 Å². The SMILES string of the molecule is NC[C@H](N)C(=O)NCCC(=O)O. The van der Waals surface area contributed by atoms with E-state index in [-0.39, 0.29) is 19.5 Å². The molecular formula is C6H13N3O3. The van der Waals surface area contributed by atoms with E-state index >= 15 is 0 Å². The second-order valence-corrected chi connectivity index (χ2v) is 2.28. The van der Waals surface area contributed by atoms with E-state index in [4.69, 9.17) is 16.6 Å². The fourth-order valence-corrected chi connectivity index (χ4v) is 0.531. The van der Waals surface area contributed by atoms with E-state index in [0.29, 0.717) is 0 Å². The molecule has 6 heteroatoms. The minimum absolute atomic E-state index is 0.0545. The quantitative estimate of drug-likeness (QED) is 0.380. The number of nitrogens with one attached hydrogen (secondary N) is 1. The highest BCUT2D eigenvalue weighted by atomic mass is 16.4. The minimum atomic E-state index is -0.961. The topological polar surface area (TPSA) is 118 Å². The molecule has 0 aliphatic carbocycles. The highest BCUT2D eigenvalue weighted by Crippen LogP contribution is 1.78. The zero-order valence-electron chi connectivity index (χ0n) is 6.62. The number of carbonyl (C=O) groups is 2. The van der Waals surface area contributed by atoms with Crippen LogP contribution in [0.3, 0.4) is 0 Å². The Morgan fingerprint density at radius 1 is 1.50 bits per heavy atom. The molecule has 0 saturated carbocycles. The highest BCUT2D eigenvalue weighted by Gasteiger charge is 2.10. The van der Waals surface area contributed by atoms with Gasteiger partial charge in [0.05, 0.1) is 12.5 Å². The third-order valence-electron chi connectivity index (χ3n) is 1.23. The van der Waals surface area contributed by atoms with Gasteiger partial charge in [0.2, 0.25) is 5.91 Å². The van der Waals surface area contributed by atoms with Crippen molar-refractivity contribution in [1.29, 1.82) is 0 Å². The largest absolute Gasteiger partial charge is 0.481 e. The van der Waals surface area contributed by atoms with Crippen molar-refractivity contribution in [3.05, 3.63) is 0 Å². The molecule has 0 aliphatic heterocycles. The average molecular weight is 175 g/mol. The molecule has 0 aliphatic rings. The number of carboxylic acids is 1. The molecule has 0 aromatic rings. The molecule has 70 valence electrons. The summed E-state index contributed by atoms with van der Waals surface area (Å²) >= 11 is 0. The van der Waals surface area contributed by atoms with E-state index in [1.54, 1.807) is 0 Å². The van der Waals surface area contributed by atoms with E-state index < -0.39 is 17.9 Å². The van der Waals surface area contributed by atoms with Crippen LogP contribution in [0.5, 0.6) is 0 Å². The maximum Gasteiger partial charge on any atom is 0.305 e. The van der Waals surface area contributed by atoms with Crippen molar-refractivity contribution in [1.82, 2.24) is 5.32 Å². The molecular weight excluding hydrogens is 162 g/mol. The lowest BCUT2D eigenvalue weighted by Gasteiger charge is -2.08. The number of amides is 1. The number of hydrogen-bond donors (Lipinski definition) is 4.